The number of nitrogens with zero attached hydrogens (tertiary/aromatic N) is 3. The van der Waals surface area contributed by atoms with Crippen LogP contribution in [0.5, 0.6) is 0 Å². The third-order valence-electron chi connectivity index (χ3n) is 3.73. The molecular weight excluding hydrogens is 339 g/mol. The molecule has 1 saturated heterocycles. The van der Waals surface area contributed by atoms with Gasteiger partial charge in [-0.15, -0.1) is 11.3 Å². The van der Waals surface area contributed by atoms with Gasteiger partial charge in [0.1, 0.15) is 5.01 Å². The van der Waals surface area contributed by atoms with Crippen LogP contribution < -0.4 is 5.43 Å². The van der Waals surface area contributed by atoms with Crippen LogP contribution >= 0.6 is 34.5 Å². The number of halogens is 2. The Kier molecular flexibility index (Phi) is 5.33. The van der Waals surface area contributed by atoms with Gasteiger partial charge in [-0.2, -0.15) is 0 Å². The second-order valence-electron chi connectivity index (χ2n) is 5.34. The lowest BCUT2D eigenvalue weighted by Crippen LogP contribution is -2.50. The number of rotatable bonds is 4. The van der Waals surface area contributed by atoms with Crippen LogP contribution in [0.1, 0.15) is 5.01 Å². The lowest BCUT2D eigenvalue weighted by molar-refractivity contribution is 0.102. The Bertz CT molecular complexity index is 638. The lowest BCUT2D eigenvalue weighted by Gasteiger charge is -2.32. The van der Waals surface area contributed by atoms with E-state index < -0.39 is 0 Å². The van der Waals surface area contributed by atoms with Crippen LogP contribution in [0.15, 0.2) is 24.4 Å². The van der Waals surface area contributed by atoms with Crippen molar-refractivity contribution in [3.63, 3.8) is 0 Å². The summed E-state index contributed by atoms with van der Waals surface area (Å²) < 4.78 is 0. The van der Waals surface area contributed by atoms with Crippen molar-refractivity contribution in [1.29, 1.82) is 0 Å². The van der Waals surface area contributed by atoms with Crippen molar-refractivity contribution in [3.8, 4) is 10.4 Å². The van der Waals surface area contributed by atoms with Crippen LogP contribution in [0.3, 0.4) is 0 Å². The predicted molar refractivity (Wildman–Crippen MR) is 93.5 cm³/mol. The summed E-state index contributed by atoms with van der Waals surface area (Å²) in [6, 6.07) is 5.68. The average molecular weight is 357 g/mol. The first-order valence-electron chi connectivity index (χ1n) is 7.19. The second-order valence-corrected chi connectivity index (χ2v) is 7.25. The second kappa shape index (κ2) is 7.25. The first kappa shape index (κ1) is 16.2. The molecule has 0 amide bonds. The van der Waals surface area contributed by atoms with Gasteiger partial charge in [0, 0.05) is 37.9 Å². The smallest absolute Gasteiger partial charge is 0.108 e. The third-order valence-corrected chi connectivity index (χ3v) is 5.58. The van der Waals surface area contributed by atoms with E-state index in [2.05, 4.69) is 27.4 Å². The van der Waals surface area contributed by atoms with E-state index in [-0.39, 0.29) is 0 Å². The predicted octanol–water partition coefficient (Wildman–Crippen LogP) is 3.37. The zero-order valence-electron chi connectivity index (χ0n) is 12.4. The fourth-order valence-corrected chi connectivity index (χ4v) is 3.69. The monoisotopic (exact) mass is 356 g/mol. The molecular formula is C15H18Cl2N4S. The van der Waals surface area contributed by atoms with Crippen LogP contribution in [-0.2, 0) is 6.54 Å². The van der Waals surface area contributed by atoms with E-state index >= 15 is 0 Å². The van der Waals surface area contributed by atoms with Gasteiger partial charge in [0.05, 0.1) is 21.5 Å². The molecule has 0 atom stereocenters. The number of piperazine rings is 1. The fourth-order valence-electron chi connectivity index (χ4n) is 2.35. The Morgan fingerprint density at radius 1 is 1.23 bits per heavy atom. The molecule has 1 fully saturated rings. The summed E-state index contributed by atoms with van der Waals surface area (Å²) in [6.45, 7) is 5.00. The van der Waals surface area contributed by atoms with Crippen LogP contribution in [0, 0.1) is 0 Å². The van der Waals surface area contributed by atoms with Gasteiger partial charge in [-0.1, -0.05) is 35.3 Å². The van der Waals surface area contributed by atoms with Gasteiger partial charge in [-0.05, 0) is 13.1 Å². The number of benzene rings is 1. The average Bonchev–Trinajstić information content (AvgIpc) is 2.98. The number of aromatic nitrogens is 1. The Labute approximate surface area is 144 Å². The molecule has 0 bridgehead atoms. The number of likely N-dealkylation sites (N-methyl/N-ethyl adjacent to an activating group) is 1. The van der Waals surface area contributed by atoms with Crippen LogP contribution in [0.2, 0.25) is 10.0 Å². The number of nitrogens with one attached hydrogen (secondary N) is 1. The van der Waals surface area contributed by atoms with Crippen molar-refractivity contribution in [2.24, 2.45) is 0 Å². The van der Waals surface area contributed by atoms with Crippen molar-refractivity contribution in [3.05, 3.63) is 39.4 Å². The topological polar surface area (TPSA) is 31.4 Å². The van der Waals surface area contributed by atoms with E-state index in [9.17, 15) is 0 Å². The molecule has 1 aliphatic heterocycles. The molecule has 3 rings (SSSR count). The van der Waals surface area contributed by atoms with E-state index in [0.717, 1.165) is 48.2 Å². The minimum absolute atomic E-state index is 0.574. The largest absolute Gasteiger partial charge is 0.304 e. The molecule has 2 aromatic rings. The van der Waals surface area contributed by atoms with E-state index in [1.165, 1.54) is 0 Å². The van der Waals surface area contributed by atoms with E-state index in [0.29, 0.717) is 10.0 Å². The van der Waals surface area contributed by atoms with Crippen molar-refractivity contribution in [2.45, 2.75) is 6.54 Å². The molecule has 1 aromatic carbocycles. The maximum absolute atomic E-state index is 6.27. The molecule has 0 radical (unpaired) electrons. The molecule has 1 aromatic heterocycles. The summed E-state index contributed by atoms with van der Waals surface area (Å²) in [7, 11) is 2.15. The Balaban J connectivity index is 1.63. The highest BCUT2D eigenvalue weighted by Crippen LogP contribution is 2.36. The zero-order chi connectivity index (χ0) is 15.5. The zero-order valence-corrected chi connectivity index (χ0v) is 14.7. The maximum atomic E-state index is 6.27. The summed E-state index contributed by atoms with van der Waals surface area (Å²) in [6.07, 6.45) is 1.86. The molecule has 2 heterocycles. The molecule has 1 N–H and O–H groups in total. The molecule has 7 heteroatoms. The summed E-state index contributed by atoms with van der Waals surface area (Å²) in [5.41, 5.74) is 4.39. The molecule has 1 aliphatic rings. The summed E-state index contributed by atoms with van der Waals surface area (Å²) in [5.74, 6) is 0. The third kappa shape index (κ3) is 3.79. The Morgan fingerprint density at radius 3 is 2.77 bits per heavy atom. The van der Waals surface area contributed by atoms with Gasteiger partial charge >= 0.3 is 0 Å². The van der Waals surface area contributed by atoms with E-state index in [1.807, 2.05) is 18.3 Å². The van der Waals surface area contributed by atoms with Crippen LogP contribution in [-0.4, -0.2) is 48.1 Å². The van der Waals surface area contributed by atoms with Gasteiger partial charge in [-0.25, -0.2) is 15.4 Å². The number of hydrogen-bond donors (Lipinski definition) is 1. The first-order valence-corrected chi connectivity index (χ1v) is 8.77. The summed E-state index contributed by atoms with van der Waals surface area (Å²) >= 11 is 14.0. The molecule has 118 valence electrons. The maximum Gasteiger partial charge on any atom is 0.108 e. The van der Waals surface area contributed by atoms with Crippen molar-refractivity contribution in [2.75, 3.05) is 33.2 Å². The fraction of sp³-hybridized carbons (Fsp3) is 0.400. The lowest BCUT2D eigenvalue weighted by atomic mass is 10.2. The van der Waals surface area contributed by atoms with Gasteiger partial charge in [-0.3, -0.25) is 0 Å². The SMILES string of the molecule is CN1CCN(NCc2ncc(-c3cccc(Cl)c3Cl)s2)CC1. The van der Waals surface area contributed by atoms with Crippen molar-refractivity contribution in [1.82, 2.24) is 20.3 Å². The number of hydrazine groups is 1. The van der Waals surface area contributed by atoms with Gasteiger partial charge < -0.3 is 4.90 Å². The number of hydrogen-bond acceptors (Lipinski definition) is 5. The Hall–Kier alpha value is -0.690. The quantitative estimate of drug-likeness (QED) is 0.909. The molecule has 0 spiro atoms. The minimum Gasteiger partial charge on any atom is -0.304 e. The summed E-state index contributed by atoms with van der Waals surface area (Å²) in [4.78, 5) is 7.86. The minimum atomic E-state index is 0.574. The Morgan fingerprint density at radius 2 is 2.00 bits per heavy atom. The molecule has 0 saturated carbocycles. The molecule has 4 nitrogen and oxygen atoms in total. The van der Waals surface area contributed by atoms with E-state index in [1.54, 1.807) is 17.4 Å². The van der Waals surface area contributed by atoms with Gasteiger partial charge in [0.15, 0.2) is 0 Å². The normalized spacial score (nSPS) is 17.0. The highest BCUT2D eigenvalue weighted by molar-refractivity contribution is 7.15. The van der Waals surface area contributed by atoms with Crippen molar-refractivity contribution >= 4 is 34.5 Å². The van der Waals surface area contributed by atoms with Gasteiger partial charge in [0.25, 0.3) is 0 Å². The van der Waals surface area contributed by atoms with Crippen LogP contribution in [0.4, 0.5) is 0 Å². The molecule has 0 unspecified atom stereocenters. The highest BCUT2D eigenvalue weighted by Gasteiger charge is 2.14. The highest BCUT2D eigenvalue weighted by atomic mass is 35.5. The van der Waals surface area contributed by atoms with Gasteiger partial charge in [0.2, 0.25) is 0 Å². The molecule has 22 heavy (non-hydrogen) atoms. The van der Waals surface area contributed by atoms with Crippen LogP contribution in [0.25, 0.3) is 10.4 Å². The molecule has 0 aliphatic carbocycles. The van der Waals surface area contributed by atoms with E-state index in [4.69, 9.17) is 23.2 Å². The summed E-state index contributed by atoms with van der Waals surface area (Å²) in [5, 5.41) is 4.47. The standard InChI is InChI=1S/C15H18Cl2N4S/c1-20-5-7-21(8-6-20)19-10-14-18-9-13(22-14)11-3-2-4-12(16)15(11)17/h2-4,9,19H,5-8,10H2,1H3. The van der Waals surface area contributed by atoms with Crippen molar-refractivity contribution < 1.29 is 0 Å². The first-order chi connectivity index (χ1) is 10.6. The number of thiazole rings is 1.